The molecule has 0 radical (unpaired) electrons. The average Bonchev–Trinajstić information content (AvgIpc) is 3.20. The van der Waals surface area contributed by atoms with Gasteiger partial charge < -0.3 is 14.4 Å². The molecule has 1 N–H and O–H groups in total. The van der Waals surface area contributed by atoms with E-state index in [-0.39, 0.29) is 18.1 Å². The van der Waals surface area contributed by atoms with Crippen LogP contribution in [0.2, 0.25) is 5.02 Å². The molecule has 2 fully saturated rings. The zero-order chi connectivity index (χ0) is 16.7. The number of hydrogen-bond donors (Lipinski definition) is 1. The molecule has 1 amide bonds. The van der Waals surface area contributed by atoms with Gasteiger partial charge in [-0.3, -0.25) is 9.69 Å². The number of benzene rings is 1. The van der Waals surface area contributed by atoms with Gasteiger partial charge in [0.05, 0.1) is 6.10 Å². The lowest BCUT2D eigenvalue weighted by Gasteiger charge is -2.38. The third-order valence-corrected chi connectivity index (χ3v) is 5.44. The summed E-state index contributed by atoms with van der Waals surface area (Å²) >= 11 is 5.98. The highest BCUT2D eigenvalue weighted by Crippen LogP contribution is 2.27. The number of furan rings is 1. The molecule has 4 rings (SSSR count). The average molecular weight is 349 g/mol. The summed E-state index contributed by atoms with van der Waals surface area (Å²) in [7, 11) is 0. The molecule has 0 bridgehead atoms. The van der Waals surface area contributed by atoms with Gasteiger partial charge in [-0.05, 0) is 43.5 Å². The molecule has 2 aliphatic rings. The Kier molecular flexibility index (Phi) is 4.24. The van der Waals surface area contributed by atoms with Gasteiger partial charge in [-0.25, -0.2) is 0 Å². The van der Waals surface area contributed by atoms with Crippen molar-refractivity contribution in [2.45, 2.75) is 31.4 Å². The summed E-state index contributed by atoms with van der Waals surface area (Å²) in [5.74, 6) is 0.288. The first-order valence-corrected chi connectivity index (χ1v) is 8.90. The van der Waals surface area contributed by atoms with Gasteiger partial charge in [-0.1, -0.05) is 11.6 Å². The van der Waals surface area contributed by atoms with Crippen LogP contribution in [0.25, 0.3) is 11.0 Å². The Balaban J connectivity index is 1.43. The summed E-state index contributed by atoms with van der Waals surface area (Å²) < 4.78 is 5.68. The molecular formula is C18H21ClN2O3. The smallest absolute Gasteiger partial charge is 0.289 e. The number of hydrogen-bond acceptors (Lipinski definition) is 4. The zero-order valence-corrected chi connectivity index (χ0v) is 14.2. The fraction of sp³-hybridized carbons (Fsp3) is 0.500. The highest BCUT2D eigenvalue weighted by Gasteiger charge is 2.33. The molecule has 2 atom stereocenters. The molecule has 2 aromatic rings. The molecule has 1 aliphatic carbocycles. The van der Waals surface area contributed by atoms with E-state index in [4.69, 9.17) is 16.0 Å². The molecule has 0 unspecified atom stereocenters. The molecular weight excluding hydrogens is 328 g/mol. The van der Waals surface area contributed by atoms with Crippen molar-refractivity contribution in [1.82, 2.24) is 9.80 Å². The van der Waals surface area contributed by atoms with Crippen LogP contribution in [0.4, 0.5) is 0 Å². The second-order valence-electron chi connectivity index (χ2n) is 6.69. The van der Waals surface area contributed by atoms with E-state index in [1.54, 1.807) is 24.3 Å². The van der Waals surface area contributed by atoms with Gasteiger partial charge in [0, 0.05) is 42.6 Å². The number of rotatable bonds is 2. The Hall–Kier alpha value is -1.56. The number of piperazine rings is 1. The molecule has 24 heavy (non-hydrogen) atoms. The van der Waals surface area contributed by atoms with Crippen molar-refractivity contribution in [1.29, 1.82) is 0 Å². The van der Waals surface area contributed by atoms with E-state index in [1.165, 1.54) is 0 Å². The van der Waals surface area contributed by atoms with Crippen molar-refractivity contribution in [2.75, 3.05) is 26.2 Å². The predicted octanol–water partition coefficient (Wildman–Crippen LogP) is 2.76. The first-order valence-electron chi connectivity index (χ1n) is 8.52. The SMILES string of the molecule is O=C(c1cc2cc(Cl)ccc2o1)N1CCN([C@H]2CCC[C@@H]2O)CC1. The van der Waals surface area contributed by atoms with Crippen molar-refractivity contribution in [3.05, 3.63) is 35.0 Å². The van der Waals surface area contributed by atoms with Crippen LogP contribution in [0.15, 0.2) is 28.7 Å². The van der Waals surface area contributed by atoms with Gasteiger partial charge in [0.25, 0.3) is 5.91 Å². The molecule has 6 heteroatoms. The second kappa shape index (κ2) is 6.39. The number of amides is 1. The quantitative estimate of drug-likeness (QED) is 0.906. The third kappa shape index (κ3) is 2.92. The van der Waals surface area contributed by atoms with Crippen molar-refractivity contribution in [3.8, 4) is 0 Å². The molecule has 128 valence electrons. The molecule has 5 nitrogen and oxygen atoms in total. The summed E-state index contributed by atoms with van der Waals surface area (Å²) in [6.07, 6.45) is 2.82. The molecule has 1 aromatic heterocycles. The summed E-state index contributed by atoms with van der Waals surface area (Å²) in [5, 5.41) is 11.5. The van der Waals surface area contributed by atoms with E-state index in [2.05, 4.69) is 4.90 Å². The Morgan fingerprint density at radius 3 is 2.67 bits per heavy atom. The minimum atomic E-state index is -0.215. The molecule has 1 saturated carbocycles. The maximum Gasteiger partial charge on any atom is 0.289 e. The van der Waals surface area contributed by atoms with Gasteiger partial charge >= 0.3 is 0 Å². The number of aliphatic hydroxyl groups is 1. The Bertz CT molecular complexity index is 752. The monoisotopic (exact) mass is 348 g/mol. The number of carbonyl (C=O) groups excluding carboxylic acids is 1. The molecule has 2 heterocycles. The van der Waals surface area contributed by atoms with Gasteiger partial charge in [0.1, 0.15) is 5.58 Å². The summed E-state index contributed by atoms with van der Waals surface area (Å²) in [6, 6.07) is 7.37. The molecule has 1 aromatic carbocycles. The highest BCUT2D eigenvalue weighted by molar-refractivity contribution is 6.31. The lowest BCUT2D eigenvalue weighted by molar-refractivity contribution is 0.0303. The first-order chi connectivity index (χ1) is 11.6. The number of aliphatic hydroxyl groups excluding tert-OH is 1. The van der Waals surface area contributed by atoms with Crippen molar-refractivity contribution in [3.63, 3.8) is 0 Å². The minimum Gasteiger partial charge on any atom is -0.451 e. The topological polar surface area (TPSA) is 56.9 Å². The van der Waals surface area contributed by atoms with Crippen molar-refractivity contribution < 1.29 is 14.3 Å². The van der Waals surface area contributed by atoms with Gasteiger partial charge in [-0.15, -0.1) is 0 Å². The second-order valence-corrected chi connectivity index (χ2v) is 7.12. The summed E-state index contributed by atoms with van der Waals surface area (Å²) in [6.45, 7) is 2.94. The Morgan fingerprint density at radius 2 is 1.96 bits per heavy atom. The van der Waals surface area contributed by atoms with Crippen LogP contribution in [0.3, 0.4) is 0 Å². The number of nitrogens with zero attached hydrogens (tertiary/aromatic N) is 2. The van der Waals surface area contributed by atoms with Crippen LogP contribution in [0.5, 0.6) is 0 Å². The summed E-state index contributed by atoms with van der Waals surface area (Å²) in [4.78, 5) is 16.8. The van der Waals surface area contributed by atoms with Crippen LogP contribution < -0.4 is 0 Å². The minimum absolute atomic E-state index is 0.0751. The fourth-order valence-corrected chi connectivity index (χ4v) is 4.06. The lowest BCUT2D eigenvalue weighted by Crippen LogP contribution is -2.53. The number of halogens is 1. The molecule has 0 spiro atoms. The largest absolute Gasteiger partial charge is 0.451 e. The van der Waals surface area contributed by atoms with E-state index < -0.39 is 0 Å². The first kappa shape index (κ1) is 15.9. The lowest BCUT2D eigenvalue weighted by atomic mass is 10.1. The summed E-state index contributed by atoms with van der Waals surface area (Å²) in [5.41, 5.74) is 0.676. The highest BCUT2D eigenvalue weighted by atomic mass is 35.5. The van der Waals surface area contributed by atoms with E-state index >= 15 is 0 Å². The van der Waals surface area contributed by atoms with Crippen LogP contribution in [0, 0.1) is 0 Å². The van der Waals surface area contributed by atoms with Crippen LogP contribution in [-0.2, 0) is 0 Å². The zero-order valence-electron chi connectivity index (χ0n) is 13.4. The third-order valence-electron chi connectivity index (χ3n) is 5.20. The fourth-order valence-electron chi connectivity index (χ4n) is 3.88. The molecule has 1 saturated heterocycles. The Morgan fingerprint density at radius 1 is 1.17 bits per heavy atom. The normalized spacial score (nSPS) is 25.5. The van der Waals surface area contributed by atoms with Gasteiger partial charge in [0.15, 0.2) is 5.76 Å². The van der Waals surface area contributed by atoms with E-state index in [1.807, 2.05) is 4.90 Å². The van der Waals surface area contributed by atoms with E-state index in [0.29, 0.717) is 29.5 Å². The van der Waals surface area contributed by atoms with Crippen LogP contribution in [0.1, 0.15) is 29.8 Å². The Labute approximate surface area is 145 Å². The predicted molar refractivity (Wildman–Crippen MR) is 92.3 cm³/mol. The number of fused-ring (bicyclic) bond motifs is 1. The van der Waals surface area contributed by atoms with E-state index in [0.717, 1.165) is 37.7 Å². The maximum atomic E-state index is 12.7. The van der Waals surface area contributed by atoms with Gasteiger partial charge in [0.2, 0.25) is 0 Å². The van der Waals surface area contributed by atoms with E-state index in [9.17, 15) is 9.90 Å². The van der Waals surface area contributed by atoms with Crippen molar-refractivity contribution in [2.24, 2.45) is 0 Å². The standard InChI is InChI=1S/C18H21ClN2O3/c19-13-4-5-16-12(10-13)11-17(24-16)18(23)21-8-6-20(7-9-21)14-2-1-3-15(14)22/h4-5,10-11,14-15,22H,1-3,6-9H2/t14-,15-/m0/s1. The van der Waals surface area contributed by atoms with Crippen LogP contribution in [-0.4, -0.2) is 59.1 Å². The van der Waals surface area contributed by atoms with Crippen molar-refractivity contribution >= 4 is 28.5 Å². The van der Waals surface area contributed by atoms with Gasteiger partial charge in [-0.2, -0.15) is 0 Å². The van der Waals surface area contributed by atoms with Crippen LogP contribution >= 0.6 is 11.6 Å². The number of carbonyl (C=O) groups is 1. The maximum absolute atomic E-state index is 12.7. The molecule has 1 aliphatic heterocycles.